The van der Waals surface area contributed by atoms with Gasteiger partial charge < -0.3 is 14.2 Å². The summed E-state index contributed by atoms with van der Waals surface area (Å²) in [6.07, 6.45) is 71.7. The number of carbonyl (C=O) groups is 3. The van der Waals surface area contributed by atoms with Crippen molar-refractivity contribution in [3.63, 3.8) is 0 Å². The average Bonchev–Trinajstić information content (AvgIpc) is 3.34. The van der Waals surface area contributed by atoms with Gasteiger partial charge in [0.05, 0.1) is 0 Å². The zero-order chi connectivity index (χ0) is 49.3. The molecule has 0 aromatic heterocycles. The molecule has 0 aromatic rings. The monoisotopic (exact) mass is 949 g/mol. The Morgan fingerprint density at radius 1 is 0.309 bits per heavy atom. The average molecular weight is 950 g/mol. The van der Waals surface area contributed by atoms with E-state index in [4.69, 9.17) is 14.2 Å². The van der Waals surface area contributed by atoms with Crippen LogP contribution in [-0.4, -0.2) is 37.2 Å². The summed E-state index contributed by atoms with van der Waals surface area (Å²) in [6, 6.07) is 0. The highest BCUT2D eigenvalue weighted by Gasteiger charge is 2.19. The number of esters is 3. The van der Waals surface area contributed by atoms with E-state index in [2.05, 4.69) is 93.7 Å². The van der Waals surface area contributed by atoms with E-state index in [0.29, 0.717) is 19.3 Å². The third-order valence-corrected chi connectivity index (χ3v) is 12.4. The lowest BCUT2D eigenvalue weighted by Crippen LogP contribution is -2.30. The molecule has 0 aliphatic carbocycles. The summed E-state index contributed by atoms with van der Waals surface area (Å²) in [5.41, 5.74) is 0. The highest BCUT2D eigenvalue weighted by atomic mass is 16.6. The molecule has 0 N–H and O–H groups in total. The van der Waals surface area contributed by atoms with Gasteiger partial charge in [0.1, 0.15) is 13.2 Å². The number of allylic oxidation sites excluding steroid dienone is 12. The summed E-state index contributed by atoms with van der Waals surface area (Å²) < 4.78 is 16.8. The van der Waals surface area contributed by atoms with E-state index in [1.54, 1.807) is 0 Å². The van der Waals surface area contributed by atoms with Crippen LogP contribution in [0.4, 0.5) is 0 Å². The molecule has 0 saturated heterocycles. The van der Waals surface area contributed by atoms with Gasteiger partial charge in [0.15, 0.2) is 6.10 Å². The molecule has 0 heterocycles. The fourth-order valence-corrected chi connectivity index (χ4v) is 8.11. The molecule has 392 valence electrons. The maximum absolute atomic E-state index is 12.9. The van der Waals surface area contributed by atoms with Gasteiger partial charge in [-0.3, -0.25) is 14.4 Å². The number of unbranched alkanes of at least 4 members (excludes halogenated alkanes) is 29. The van der Waals surface area contributed by atoms with Crippen LogP contribution in [0.1, 0.15) is 284 Å². The van der Waals surface area contributed by atoms with Gasteiger partial charge in [0.25, 0.3) is 0 Å². The minimum atomic E-state index is -0.791. The van der Waals surface area contributed by atoms with Crippen LogP contribution >= 0.6 is 0 Å². The minimum absolute atomic E-state index is 0.0882. The molecule has 0 radical (unpaired) electrons. The molecular weight excluding hydrogens is 841 g/mol. The third kappa shape index (κ3) is 53.8. The zero-order valence-electron chi connectivity index (χ0n) is 44.9. The van der Waals surface area contributed by atoms with Crippen LogP contribution in [-0.2, 0) is 28.6 Å². The predicted molar refractivity (Wildman–Crippen MR) is 293 cm³/mol. The van der Waals surface area contributed by atoms with E-state index < -0.39 is 6.10 Å². The van der Waals surface area contributed by atoms with Gasteiger partial charge >= 0.3 is 17.9 Å². The van der Waals surface area contributed by atoms with Crippen molar-refractivity contribution in [3.8, 4) is 0 Å². The van der Waals surface area contributed by atoms with Crippen molar-refractivity contribution in [2.75, 3.05) is 13.2 Å². The Hall–Kier alpha value is -3.15. The number of carbonyl (C=O) groups excluding carboxylic acids is 3. The molecule has 0 aliphatic heterocycles. The highest BCUT2D eigenvalue weighted by Crippen LogP contribution is 2.16. The van der Waals surface area contributed by atoms with Crippen molar-refractivity contribution in [2.45, 2.75) is 290 Å². The quantitative estimate of drug-likeness (QED) is 0.0262. The van der Waals surface area contributed by atoms with Crippen LogP contribution in [0.5, 0.6) is 0 Å². The van der Waals surface area contributed by atoms with E-state index in [1.165, 1.54) is 141 Å². The fraction of sp³-hybridized carbons (Fsp3) is 0.758. The van der Waals surface area contributed by atoms with E-state index >= 15 is 0 Å². The number of hydrogen-bond donors (Lipinski definition) is 0. The van der Waals surface area contributed by atoms with Gasteiger partial charge in [-0.2, -0.15) is 0 Å². The summed E-state index contributed by atoms with van der Waals surface area (Å²) in [4.78, 5) is 38.2. The Balaban J connectivity index is 4.43. The van der Waals surface area contributed by atoms with Crippen molar-refractivity contribution in [1.29, 1.82) is 0 Å². The number of ether oxygens (including phenoxy) is 3. The molecule has 68 heavy (non-hydrogen) atoms. The molecule has 0 spiro atoms. The van der Waals surface area contributed by atoms with Crippen molar-refractivity contribution in [2.24, 2.45) is 0 Å². The largest absolute Gasteiger partial charge is 0.462 e. The first kappa shape index (κ1) is 64.8. The maximum Gasteiger partial charge on any atom is 0.306 e. The summed E-state index contributed by atoms with van der Waals surface area (Å²) in [5.74, 6) is -0.918. The summed E-state index contributed by atoms with van der Waals surface area (Å²) >= 11 is 0. The van der Waals surface area contributed by atoms with Crippen LogP contribution in [0.25, 0.3) is 0 Å². The Morgan fingerprint density at radius 2 is 0.574 bits per heavy atom. The molecule has 0 bridgehead atoms. The summed E-state index contributed by atoms with van der Waals surface area (Å²) in [7, 11) is 0. The Bertz CT molecular complexity index is 1270. The molecule has 0 aliphatic rings. The van der Waals surface area contributed by atoms with Crippen molar-refractivity contribution >= 4 is 17.9 Å². The molecule has 0 unspecified atom stereocenters. The first-order chi connectivity index (χ1) is 33.5. The first-order valence-electron chi connectivity index (χ1n) is 28.9. The second-order valence-electron chi connectivity index (χ2n) is 19.2. The summed E-state index contributed by atoms with van der Waals surface area (Å²) in [5, 5.41) is 0. The highest BCUT2D eigenvalue weighted by molar-refractivity contribution is 5.71. The summed E-state index contributed by atoms with van der Waals surface area (Å²) in [6.45, 7) is 6.51. The second kappa shape index (κ2) is 56.4. The lowest BCUT2D eigenvalue weighted by Gasteiger charge is -2.18. The number of hydrogen-bond acceptors (Lipinski definition) is 6. The van der Waals surface area contributed by atoms with E-state index in [1.807, 2.05) is 0 Å². The molecule has 0 aromatic carbocycles. The Labute approximate surface area is 421 Å². The van der Waals surface area contributed by atoms with Crippen LogP contribution in [0.2, 0.25) is 0 Å². The lowest BCUT2D eigenvalue weighted by atomic mass is 10.0. The zero-order valence-corrected chi connectivity index (χ0v) is 44.9. The lowest BCUT2D eigenvalue weighted by molar-refractivity contribution is -0.167. The number of rotatable bonds is 52. The topological polar surface area (TPSA) is 78.9 Å². The molecular formula is C62H108O6. The predicted octanol–water partition coefficient (Wildman–Crippen LogP) is 19.4. The molecule has 0 fully saturated rings. The molecule has 6 nitrogen and oxygen atoms in total. The normalized spacial score (nSPS) is 12.6. The first-order valence-corrected chi connectivity index (χ1v) is 28.9. The minimum Gasteiger partial charge on any atom is -0.462 e. The van der Waals surface area contributed by atoms with Gasteiger partial charge in [-0.15, -0.1) is 0 Å². The van der Waals surface area contributed by atoms with Crippen LogP contribution in [0.3, 0.4) is 0 Å². The van der Waals surface area contributed by atoms with Crippen molar-refractivity contribution in [3.05, 3.63) is 72.9 Å². The van der Waals surface area contributed by atoms with Gasteiger partial charge in [0, 0.05) is 19.3 Å². The molecule has 0 amide bonds. The van der Waals surface area contributed by atoms with E-state index in [-0.39, 0.29) is 31.1 Å². The smallest absolute Gasteiger partial charge is 0.306 e. The molecule has 0 rings (SSSR count). The van der Waals surface area contributed by atoms with E-state index in [9.17, 15) is 14.4 Å². The van der Waals surface area contributed by atoms with Crippen LogP contribution in [0.15, 0.2) is 72.9 Å². The Morgan fingerprint density at radius 3 is 0.926 bits per heavy atom. The van der Waals surface area contributed by atoms with Gasteiger partial charge in [0.2, 0.25) is 0 Å². The van der Waals surface area contributed by atoms with Gasteiger partial charge in [-0.1, -0.05) is 248 Å². The molecule has 0 saturated carbocycles. The SMILES string of the molecule is CC/C=C/C/C=C/C/C=C/C/C=C/C/C=C/CCCCCC(=O)OC[C@@H](COC(=O)CCCCCCC/C=C/CCCCCCC)OC(=O)CCCCCCCCCCCCCCCCCCC. The molecule has 6 heteroatoms. The molecule has 1 atom stereocenters. The van der Waals surface area contributed by atoms with Crippen LogP contribution in [0, 0.1) is 0 Å². The third-order valence-electron chi connectivity index (χ3n) is 12.4. The van der Waals surface area contributed by atoms with Crippen molar-refractivity contribution in [1.82, 2.24) is 0 Å². The van der Waals surface area contributed by atoms with Crippen LogP contribution < -0.4 is 0 Å². The van der Waals surface area contributed by atoms with Gasteiger partial charge in [-0.05, 0) is 89.9 Å². The van der Waals surface area contributed by atoms with Gasteiger partial charge in [-0.25, -0.2) is 0 Å². The fourth-order valence-electron chi connectivity index (χ4n) is 8.11. The maximum atomic E-state index is 12.9. The van der Waals surface area contributed by atoms with Crippen molar-refractivity contribution < 1.29 is 28.6 Å². The van der Waals surface area contributed by atoms with E-state index in [0.717, 1.165) is 103 Å². The second-order valence-corrected chi connectivity index (χ2v) is 19.2. The Kier molecular flexibility index (Phi) is 53.8. The standard InChI is InChI=1S/C62H108O6/c1-4-7-10-13-16-19-22-25-28-30-31-33-34-37-40-43-46-49-52-55-61(64)67-58-59(57-66-60(63)54-51-48-45-42-39-36-27-24-21-18-15-12-9-6-3)68-62(65)56-53-50-47-44-41-38-35-32-29-26-23-20-17-14-11-8-5-2/h7,10,16,19,24-25,27-28,31,33,37,40,59H,4-6,8-9,11-15,17-18,20-23,26,29-30,32,34-36,38-39,41-58H2,1-3H3/b10-7+,19-16+,27-24+,28-25+,33-31+,40-37+/t59-/m1/s1.